The highest BCUT2D eigenvalue weighted by Crippen LogP contribution is 2.36. The van der Waals surface area contributed by atoms with Crippen LogP contribution in [-0.4, -0.2) is 51.1 Å². The molecule has 1 fully saturated rings. The van der Waals surface area contributed by atoms with Gasteiger partial charge in [0.1, 0.15) is 16.7 Å². The van der Waals surface area contributed by atoms with Gasteiger partial charge in [0.2, 0.25) is 0 Å². The van der Waals surface area contributed by atoms with Crippen molar-refractivity contribution in [3.63, 3.8) is 0 Å². The maximum absolute atomic E-state index is 13.6. The van der Waals surface area contributed by atoms with E-state index in [1.807, 2.05) is 24.8 Å². The highest BCUT2D eigenvalue weighted by Gasteiger charge is 2.39. The van der Waals surface area contributed by atoms with Crippen LogP contribution in [-0.2, 0) is 0 Å². The molecule has 2 aromatic heterocycles. The third kappa shape index (κ3) is 3.44. The number of nitrogens with zero attached hydrogens (tertiary/aromatic N) is 4. The number of fused-ring (bicyclic) bond motifs is 1. The lowest BCUT2D eigenvalue weighted by molar-refractivity contribution is 0.0507. The van der Waals surface area contributed by atoms with Gasteiger partial charge in [-0.15, -0.1) is 11.3 Å². The Morgan fingerprint density at radius 1 is 1.41 bits per heavy atom. The highest BCUT2D eigenvalue weighted by atomic mass is 32.1. The number of hydrogen-bond donors (Lipinski definition) is 1. The molecule has 9 heteroatoms. The van der Waals surface area contributed by atoms with Crippen molar-refractivity contribution in [3.8, 4) is 0 Å². The minimum Gasteiger partial charge on any atom is -0.367 e. The SMILES string of the molecule is Cc1cc2n(n1)[C@@H](C(F)F)C[C@@H](C1CCCN(C(=O)c3scnc3C)C1)N2. The molecule has 6 nitrogen and oxygen atoms in total. The summed E-state index contributed by atoms with van der Waals surface area (Å²) < 4.78 is 28.7. The third-order valence-corrected chi connectivity index (χ3v) is 6.46. The Morgan fingerprint density at radius 3 is 2.93 bits per heavy atom. The van der Waals surface area contributed by atoms with Crippen molar-refractivity contribution in [1.29, 1.82) is 0 Å². The first kappa shape index (κ1) is 18.3. The number of aryl methyl sites for hydroxylation is 2. The fraction of sp³-hybridized carbons (Fsp3) is 0.611. The molecule has 1 N–H and O–H groups in total. The van der Waals surface area contributed by atoms with Crippen molar-refractivity contribution >= 4 is 23.1 Å². The Hall–Kier alpha value is -2.03. The molecule has 146 valence electrons. The summed E-state index contributed by atoms with van der Waals surface area (Å²) in [6.07, 6.45) is -0.345. The summed E-state index contributed by atoms with van der Waals surface area (Å²) in [7, 11) is 0. The Morgan fingerprint density at radius 2 is 2.22 bits per heavy atom. The van der Waals surface area contributed by atoms with Crippen LogP contribution in [0.25, 0.3) is 0 Å². The molecule has 2 aromatic rings. The van der Waals surface area contributed by atoms with E-state index in [9.17, 15) is 13.6 Å². The number of hydrogen-bond acceptors (Lipinski definition) is 5. The predicted octanol–water partition coefficient (Wildman–Crippen LogP) is 3.50. The summed E-state index contributed by atoms with van der Waals surface area (Å²) in [5, 5.41) is 7.62. The summed E-state index contributed by atoms with van der Waals surface area (Å²) in [6.45, 7) is 4.93. The lowest BCUT2D eigenvalue weighted by atomic mass is 9.86. The van der Waals surface area contributed by atoms with Crippen LogP contribution in [0.3, 0.4) is 0 Å². The van der Waals surface area contributed by atoms with E-state index in [4.69, 9.17) is 0 Å². The van der Waals surface area contributed by atoms with Gasteiger partial charge in [-0.05, 0) is 39.0 Å². The second-order valence-electron chi connectivity index (χ2n) is 7.42. The number of rotatable bonds is 3. The van der Waals surface area contributed by atoms with Gasteiger partial charge in [-0.3, -0.25) is 4.79 Å². The molecule has 2 aliphatic rings. The zero-order valence-corrected chi connectivity index (χ0v) is 16.2. The molecule has 0 saturated carbocycles. The average molecular weight is 395 g/mol. The van der Waals surface area contributed by atoms with Crippen LogP contribution in [0.15, 0.2) is 11.6 Å². The van der Waals surface area contributed by atoms with Crippen molar-refractivity contribution in [1.82, 2.24) is 19.7 Å². The molecule has 3 atom stereocenters. The maximum atomic E-state index is 13.6. The van der Waals surface area contributed by atoms with E-state index >= 15 is 0 Å². The van der Waals surface area contributed by atoms with Crippen molar-refractivity contribution in [2.45, 2.75) is 51.6 Å². The standard InChI is InChI=1S/C18H23F2N5OS/c1-10-6-15-22-13(7-14(17(19)20)25(15)23-10)12-4-3-5-24(8-12)18(26)16-11(2)21-9-27-16/h6,9,12-14,17,22H,3-5,7-8H2,1-2H3/t12?,13-,14+/m0/s1. The van der Waals surface area contributed by atoms with Crippen LogP contribution in [0.2, 0.25) is 0 Å². The van der Waals surface area contributed by atoms with Gasteiger partial charge < -0.3 is 10.2 Å². The third-order valence-electron chi connectivity index (χ3n) is 5.55. The molecule has 4 heterocycles. The van der Waals surface area contributed by atoms with E-state index in [0.29, 0.717) is 30.2 Å². The summed E-state index contributed by atoms with van der Waals surface area (Å²) in [4.78, 5) is 19.5. The van der Waals surface area contributed by atoms with E-state index in [1.54, 1.807) is 5.51 Å². The molecule has 1 amide bonds. The summed E-state index contributed by atoms with van der Waals surface area (Å²) in [5.41, 5.74) is 3.16. The van der Waals surface area contributed by atoms with Gasteiger partial charge >= 0.3 is 0 Å². The second kappa shape index (κ2) is 7.18. The molecule has 2 aliphatic heterocycles. The van der Waals surface area contributed by atoms with Gasteiger partial charge in [-0.25, -0.2) is 18.4 Å². The van der Waals surface area contributed by atoms with Gasteiger partial charge in [0.05, 0.1) is 16.9 Å². The minimum absolute atomic E-state index is 0.00167. The Labute approximate surface area is 160 Å². The van der Waals surface area contributed by atoms with Gasteiger partial charge in [-0.2, -0.15) is 5.10 Å². The first-order chi connectivity index (χ1) is 12.9. The largest absolute Gasteiger partial charge is 0.367 e. The Kier molecular flexibility index (Phi) is 4.88. The number of amides is 1. The molecule has 0 radical (unpaired) electrons. The molecule has 1 unspecified atom stereocenters. The predicted molar refractivity (Wildman–Crippen MR) is 99.5 cm³/mol. The smallest absolute Gasteiger partial charge is 0.265 e. The normalized spacial score (nSPS) is 25.4. The number of carbonyl (C=O) groups is 1. The number of likely N-dealkylation sites (tertiary alicyclic amines) is 1. The molecule has 0 aromatic carbocycles. The van der Waals surface area contributed by atoms with Gasteiger partial charge in [0.15, 0.2) is 0 Å². The van der Waals surface area contributed by atoms with E-state index in [0.717, 1.165) is 24.2 Å². The van der Waals surface area contributed by atoms with Crippen molar-refractivity contribution in [2.24, 2.45) is 5.92 Å². The zero-order valence-electron chi connectivity index (χ0n) is 15.4. The average Bonchev–Trinajstić information content (AvgIpc) is 3.24. The molecule has 4 rings (SSSR count). The lowest BCUT2D eigenvalue weighted by Crippen LogP contribution is -2.48. The summed E-state index contributed by atoms with van der Waals surface area (Å²) >= 11 is 1.36. The van der Waals surface area contributed by atoms with Crippen LogP contribution >= 0.6 is 11.3 Å². The van der Waals surface area contributed by atoms with Gasteiger partial charge in [0, 0.05) is 25.2 Å². The topological polar surface area (TPSA) is 63.1 Å². The highest BCUT2D eigenvalue weighted by molar-refractivity contribution is 7.11. The van der Waals surface area contributed by atoms with E-state index < -0.39 is 12.5 Å². The first-order valence-electron chi connectivity index (χ1n) is 9.24. The fourth-order valence-electron chi connectivity index (χ4n) is 4.18. The summed E-state index contributed by atoms with van der Waals surface area (Å²) in [5.74, 6) is 0.791. The lowest BCUT2D eigenvalue weighted by Gasteiger charge is -2.41. The number of nitrogens with one attached hydrogen (secondary N) is 1. The minimum atomic E-state index is -2.46. The Bertz CT molecular complexity index is 836. The number of aromatic nitrogens is 3. The maximum Gasteiger partial charge on any atom is 0.265 e. The number of alkyl halides is 2. The van der Waals surface area contributed by atoms with E-state index in [2.05, 4.69) is 15.4 Å². The van der Waals surface area contributed by atoms with Crippen molar-refractivity contribution in [3.05, 3.63) is 27.8 Å². The molecule has 0 bridgehead atoms. The van der Waals surface area contributed by atoms with E-state index in [1.165, 1.54) is 16.0 Å². The fourth-order valence-corrected chi connectivity index (χ4v) is 4.95. The molecular weight excluding hydrogens is 372 g/mol. The Balaban J connectivity index is 1.51. The van der Waals surface area contributed by atoms with Crippen molar-refractivity contribution < 1.29 is 13.6 Å². The quantitative estimate of drug-likeness (QED) is 0.864. The van der Waals surface area contributed by atoms with Crippen LogP contribution in [0.1, 0.15) is 46.4 Å². The monoisotopic (exact) mass is 395 g/mol. The number of thiazole rings is 1. The van der Waals surface area contributed by atoms with Crippen LogP contribution in [0.4, 0.5) is 14.6 Å². The molecule has 0 aliphatic carbocycles. The zero-order chi connectivity index (χ0) is 19.1. The van der Waals surface area contributed by atoms with Gasteiger partial charge in [0.25, 0.3) is 12.3 Å². The van der Waals surface area contributed by atoms with Crippen molar-refractivity contribution in [2.75, 3.05) is 18.4 Å². The number of halogens is 2. The number of carbonyl (C=O) groups excluding carboxylic acids is 1. The summed E-state index contributed by atoms with van der Waals surface area (Å²) in [6, 6.07) is 0.800. The first-order valence-corrected chi connectivity index (χ1v) is 10.1. The van der Waals surface area contributed by atoms with Gasteiger partial charge in [-0.1, -0.05) is 0 Å². The molecule has 1 saturated heterocycles. The molecule has 0 spiro atoms. The van der Waals surface area contributed by atoms with Crippen LogP contribution in [0.5, 0.6) is 0 Å². The molecule has 27 heavy (non-hydrogen) atoms. The number of piperidine rings is 1. The second-order valence-corrected chi connectivity index (χ2v) is 8.28. The molecular formula is C18H23F2N5OS. The number of anilines is 1. The van der Waals surface area contributed by atoms with E-state index in [-0.39, 0.29) is 17.9 Å². The van der Waals surface area contributed by atoms with Crippen LogP contribution in [0, 0.1) is 19.8 Å². The van der Waals surface area contributed by atoms with Crippen LogP contribution < -0.4 is 5.32 Å².